The number of nitrogens with zero attached hydrogens (tertiary/aromatic N) is 1. The van der Waals surface area contributed by atoms with Crippen LogP contribution in [0.25, 0.3) is 11.1 Å². The number of esters is 1. The number of ether oxygens (including phenoxy) is 2. The third-order valence-corrected chi connectivity index (χ3v) is 6.91. The van der Waals surface area contributed by atoms with E-state index >= 15 is 0 Å². The van der Waals surface area contributed by atoms with Gasteiger partial charge in [-0.05, 0) is 53.6 Å². The minimum atomic E-state index is -0.707. The van der Waals surface area contributed by atoms with E-state index < -0.39 is 23.2 Å². The Morgan fingerprint density at radius 2 is 1.58 bits per heavy atom. The molecule has 0 radical (unpaired) electrons. The number of nitrogens with one attached hydrogen (secondary N) is 3. The van der Waals surface area contributed by atoms with Crippen molar-refractivity contribution in [2.24, 2.45) is 11.1 Å². The van der Waals surface area contributed by atoms with Crippen molar-refractivity contribution in [3.8, 4) is 17.0 Å². The molecule has 232 valence electrons. The quantitative estimate of drug-likeness (QED) is 0.0892. The Morgan fingerprint density at radius 3 is 2.22 bits per heavy atom. The first-order chi connectivity index (χ1) is 21.5. The lowest BCUT2D eigenvalue weighted by atomic mass is 9.94. The standard InChI is InChI=1S/C34H35N5O6/c1-34(2,20-40)19-37-31(41)23-11-14-25(27(17-23)33(43)45-18-21-7-5-4-6-8-21)26-15-16-28(44-3)39-29(26)32(42)38-24-12-9-22(10-13-24)30(35)36/h4-17,40H,18-20H2,1-3H3,(H3,35,36)(H,37,41)(H,38,42). The molecule has 1 aromatic heterocycles. The number of nitrogens with two attached hydrogens (primary N) is 1. The van der Waals surface area contributed by atoms with E-state index in [9.17, 15) is 19.5 Å². The molecule has 0 atom stereocenters. The number of nitrogen functional groups attached to an aromatic ring is 1. The van der Waals surface area contributed by atoms with Crippen LogP contribution in [-0.4, -0.2) is 54.0 Å². The van der Waals surface area contributed by atoms with Gasteiger partial charge in [0.05, 0.1) is 12.7 Å². The predicted molar refractivity (Wildman–Crippen MR) is 170 cm³/mol. The number of carbonyl (C=O) groups is 3. The van der Waals surface area contributed by atoms with Gasteiger partial charge in [-0.1, -0.05) is 50.2 Å². The van der Waals surface area contributed by atoms with Crippen LogP contribution in [0.4, 0.5) is 5.69 Å². The first kappa shape index (κ1) is 32.4. The molecule has 11 nitrogen and oxygen atoms in total. The van der Waals surface area contributed by atoms with Gasteiger partial charge in [-0.3, -0.25) is 15.0 Å². The van der Waals surface area contributed by atoms with Gasteiger partial charge in [0.25, 0.3) is 11.8 Å². The van der Waals surface area contributed by atoms with Crippen molar-refractivity contribution in [1.29, 1.82) is 5.41 Å². The molecule has 0 aliphatic heterocycles. The lowest BCUT2D eigenvalue weighted by Gasteiger charge is -2.22. The zero-order chi connectivity index (χ0) is 32.6. The van der Waals surface area contributed by atoms with Gasteiger partial charge in [0.1, 0.15) is 18.1 Å². The summed E-state index contributed by atoms with van der Waals surface area (Å²) in [6.07, 6.45) is 0. The molecule has 0 unspecified atom stereocenters. The summed E-state index contributed by atoms with van der Waals surface area (Å²) in [7, 11) is 1.42. The molecule has 6 N–H and O–H groups in total. The van der Waals surface area contributed by atoms with E-state index in [-0.39, 0.29) is 48.3 Å². The Hall–Kier alpha value is -5.55. The SMILES string of the molecule is COc1ccc(-c2ccc(C(=O)NCC(C)(C)CO)cc2C(=O)OCc2ccccc2)c(C(=O)Nc2ccc(C(=N)N)cc2)n1. The van der Waals surface area contributed by atoms with E-state index in [1.807, 2.05) is 44.2 Å². The number of aliphatic hydroxyl groups excluding tert-OH is 1. The van der Waals surface area contributed by atoms with Crippen LogP contribution in [0.1, 0.15) is 56.2 Å². The van der Waals surface area contributed by atoms with Gasteiger partial charge in [-0.15, -0.1) is 0 Å². The highest BCUT2D eigenvalue weighted by Gasteiger charge is 2.24. The molecule has 0 saturated carbocycles. The Balaban J connectivity index is 1.74. The molecule has 45 heavy (non-hydrogen) atoms. The van der Waals surface area contributed by atoms with Gasteiger partial charge in [0.15, 0.2) is 0 Å². The third kappa shape index (κ3) is 8.30. The molecule has 0 bridgehead atoms. The summed E-state index contributed by atoms with van der Waals surface area (Å²) in [5.41, 5.74) is 7.51. The summed E-state index contributed by atoms with van der Waals surface area (Å²) in [4.78, 5) is 44.6. The number of carbonyl (C=O) groups excluding carboxylic acids is 3. The number of aliphatic hydroxyl groups is 1. The zero-order valence-electron chi connectivity index (χ0n) is 25.2. The number of benzene rings is 3. The van der Waals surface area contributed by atoms with E-state index in [0.717, 1.165) is 5.56 Å². The van der Waals surface area contributed by atoms with E-state index in [1.165, 1.54) is 19.2 Å². The second-order valence-electron chi connectivity index (χ2n) is 11.0. The van der Waals surface area contributed by atoms with Crippen LogP contribution in [0, 0.1) is 10.8 Å². The maximum absolute atomic E-state index is 13.6. The van der Waals surface area contributed by atoms with Crippen LogP contribution >= 0.6 is 0 Å². The van der Waals surface area contributed by atoms with E-state index in [0.29, 0.717) is 22.4 Å². The second-order valence-corrected chi connectivity index (χ2v) is 11.0. The highest BCUT2D eigenvalue weighted by molar-refractivity contribution is 6.10. The van der Waals surface area contributed by atoms with Crippen molar-refractivity contribution in [1.82, 2.24) is 10.3 Å². The fourth-order valence-electron chi connectivity index (χ4n) is 4.24. The Labute approximate surface area is 260 Å². The smallest absolute Gasteiger partial charge is 0.339 e. The molecule has 0 aliphatic carbocycles. The fraction of sp³-hybridized carbons (Fsp3) is 0.206. The molecule has 0 fully saturated rings. The fourth-order valence-corrected chi connectivity index (χ4v) is 4.24. The van der Waals surface area contributed by atoms with Gasteiger partial charge in [0, 0.05) is 47.0 Å². The summed E-state index contributed by atoms with van der Waals surface area (Å²) < 4.78 is 10.9. The van der Waals surface area contributed by atoms with E-state index in [2.05, 4.69) is 15.6 Å². The Bertz CT molecular complexity index is 1700. The largest absolute Gasteiger partial charge is 0.481 e. The van der Waals surface area contributed by atoms with Gasteiger partial charge >= 0.3 is 5.97 Å². The predicted octanol–water partition coefficient (Wildman–Crippen LogP) is 4.40. The molecule has 3 aromatic carbocycles. The van der Waals surface area contributed by atoms with Crippen molar-refractivity contribution in [2.45, 2.75) is 20.5 Å². The molecular formula is C34H35N5O6. The molecule has 2 amide bonds. The van der Waals surface area contributed by atoms with Gasteiger partial charge in [0.2, 0.25) is 5.88 Å². The van der Waals surface area contributed by atoms with E-state index in [1.54, 1.807) is 42.5 Å². The van der Waals surface area contributed by atoms with Gasteiger partial charge in [-0.25, -0.2) is 9.78 Å². The third-order valence-electron chi connectivity index (χ3n) is 6.91. The van der Waals surface area contributed by atoms with E-state index in [4.69, 9.17) is 20.6 Å². The number of anilines is 1. The van der Waals surface area contributed by atoms with Crippen molar-refractivity contribution >= 4 is 29.3 Å². The highest BCUT2D eigenvalue weighted by atomic mass is 16.5. The summed E-state index contributed by atoms with van der Waals surface area (Å²) in [6.45, 7) is 3.69. The summed E-state index contributed by atoms with van der Waals surface area (Å²) >= 11 is 0. The van der Waals surface area contributed by atoms with Crippen molar-refractivity contribution in [2.75, 3.05) is 25.6 Å². The molecule has 0 spiro atoms. The second kappa shape index (κ2) is 14.3. The number of rotatable bonds is 12. The summed E-state index contributed by atoms with van der Waals surface area (Å²) in [5.74, 6) is -1.67. The van der Waals surface area contributed by atoms with Crippen LogP contribution < -0.4 is 21.1 Å². The van der Waals surface area contributed by atoms with Crippen LogP contribution in [-0.2, 0) is 11.3 Å². The summed E-state index contributed by atoms with van der Waals surface area (Å²) in [6, 6.07) is 23.2. The number of amides is 2. The first-order valence-corrected chi connectivity index (χ1v) is 14.1. The van der Waals surface area contributed by atoms with Crippen molar-refractivity contribution < 1.29 is 29.0 Å². The van der Waals surface area contributed by atoms with Crippen LogP contribution in [0.15, 0.2) is 84.9 Å². The molecule has 4 rings (SSSR count). The topological polar surface area (TPSA) is 177 Å². The summed E-state index contributed by atoms with van der Waals surface area (Å²) in [5, 5.41) is 22.7. The monoisotopic (exact) mass is 609 g/mol. The number of aromatic nitrogens is 1. The van der Waals surface area contributed by atoms with Crippen LogP contribution in [0.3, 0.4) is 0 Å². The number of pyridine rings is 1. The lowest BCUT2D eigenvalue weighted by Crippen LogP contribution is -2.36. The van der Waals surface area contributed by atoms with Crippen LogP contribution in [0.2, 0.25) is 0 Å². The number of amidine groups is 1. The van der Waals surface area contributed by atoms with Gasteiger partial charge in [-0.2, -0.15) is 0 Å². The average Bonchev–Trinajstić information content (AvgIpc) is 3.06. The van der Waals surface area contributed by atoms with Crippen molar-refractivity contribution in [3.63, 3.8) is 0 Å². The molecule has 11 heteroatoms. The molecule has 0 aliphatic rings. The van der Waals surface area contributed by atoms with Crippen LogP contribution in [0.5, 0.6) is 5.88 Å². The Kier molecular flexibility index (Phi) is 10.3. The molecule has 1 heterocycles. The average molecular weight is 610 g/mol. The molecule has 4 aromatic rings. The Morgan fingerprint density at radius 1 is 0.911 bits per heavy atom. The zero-order valence-corrected chi connectivity index (χ0v) is 25.2. The minimum absolute atomic E-state index is 0.00924. The minimum Gasteiger partial charge on any atom is -0.481 e. The number of hydrogen-bond donors (Lipinski definition) is 5. The maximum atomic E-state index is 13.6. The maximum Gasteiger partial charge on any atom is 0.339 e. The first-order valence-electron chi connectivity index (χ1n) is 14.1. The molecule has 0 saturated heterocycles. The molecular weight excluding hydrogens is 574 g/mol. The van der Waals surface area contributed by atoms with Gasteiger partial charge < -0.3 is 30.9 Å². The van der Waals surface area contributed by atoms with Crippen molar-refractivity contribution in [3.05, 3.63) is 113 Å². The lowest BCUT2D eigenvalue weighted by molar-refractivity contribution is 0.0473. The number of methoxy groups -OCH3 is 1. The normalized spacial score (nSPS) is 10.9. The highest BCUT2D eigenvalue weighted by Crippen LogP contribution is 2.31. The number of hydrogen-bond acceptors (Lipinski definition) is 8.